The zero-order valence-corrected chi connectivity index (χ0v) is 24.0. The first-order chi connectivity index (χ1) is 19.1. The molecule has 2 fully saturated rings. The summed E-state index contributed by atoms with van der Waals surface area (Å²) in [6.07, 6.45) is -0.118. The van der Waals surface area contributed by atoms with Gasteiger partial charge in [-0.3, -0.25) is 9.78 Å². The van der Waals surface area contributed by atoms with Crippen LogP contribution < -0.4 is 5.32 Å². The van der Waals surface area contributed by atoms with Gasteiger partial charge in [0.15, 0.2) is 0 Å². The number of rotatable bonds is 8. The number of nitrogens with one attached hydrogen (secondary N) is 1. The quantitative estimate of drug-likeness (QED) is 0.485. The van der Waals surface area contributed by atoms with Crippen LogP contribution in [-0.2, 0) is 32.2 Å². The minimum absolute atomic E-state index is 0.207. The molecule has 2 aliphatic rings. The van der Waals surface area contributed by atoms with Gasteiger partial charge in [0.2, 0.25) is 15.9 Å². The molecule has 2 aromatic rings. The van der Waals surface area contributed by atoms with Crippen molar-refractivity contribution in [3.8, 4) is 0 Å². The first-order valence-corrected chi connectivity index (χ1v) is 15.0. The molecule has 41 heavy (non-hydrogen) atoms. The number of benzene rings is 1. The maximum Gasteiger partial charge on any atom is 0.416 e. The van der Waals surface area contributed by atoms with Crippen LogP contribution in [-0.4, -0.2) is 71.4 Å². The summed E-state index contributed by atoms with van der Waals surface area (Å²) in [6.45, 7) is 5.61. The number of carbonyl (C=O) groups is 2. The summed E-state index contributed by atoms with van der Waals surface area (Å²) in [5.41, 5.74) is -0.992. The largest absolute Gasteiger partial charge is 0.444 e. The number of sulfonamides is 1. The van der Waals surface area contributed by atoms with Crippen molar-refractivity contribution in [3.05, 3.63) is 59.9 Å². The summed E-state index contributed by atoms with van der Waals surface area (Å²) in [6, 6.07) is 5.63. The Hall–Kier alpha value is -3.19. The van der Waals surface area contributed by atoms with Gasteiger partial charge in [-0.15, -0.1) is 0 Å². The SMILES string of the molecule is CC(C)(C)OC(=O)N[C@@H](Cc1ccncc1)C(=O)N1CCC(N(C2CC2)S(=O)(=O)c2cccc(C(F)(F)F)c2)CC1. The average Bonchev–Trinajstić information content (AvgIpc) is 3.72. The van der Waals surface area contributed by atoms with Crippen LogP contribution >= 0.6 is 0 Å². The van der Waals surface area contributed by atoms with Gasteiger partial charge in [-0.1, -0.05) is 6.07 Å². The Bertz CT molecular complexity index is 1340. The minimum atomic E-state index is -4.66. The molecule has 1 saturated carbocycles. The van der Waals surface area contributed by atoms with E-state index in [1.807, 2.05) is 0 Å². The second kappa shape index (κ2) is 12.0. The Morgan fingerprint density at radius 2 is 1.66 bits per heavy atom. The number of aromatic nitrogens is 1. The number of nitrogens with zero attached hydrogens (tertiary/aromatic N) is 3. The molecule has 1 atom stereocenters. The number of hydrogen-bond acceptors (Lipinski definition) is 6. The molecule has 1 aliphatic heterocycles. The molecule has 2 amide bonds. The van der Waals surface area contributed by atoms with Crippen LogP contribution in [0.2, 0.25) is 0 Å². The molecule has 4 rings (SSSR count). The topological polar surface area (TPSA) is 109 Å². The number of amides is 2. The molecule has 0 radical (unpaired) electrons. The van der Waals surface area contributed by atoms with Gasteiger partial charge in [0.1, 0.15) is 11.6 Å². The van der Waals surface area contributed by atoms with Crippen LogP contribution in [0.1, 0.15) is 57.6 Å². The van der Waals surface area contributed by atoms with E-state index in [1.165, 1.54) is 10.4 Å². The second-order valence-electron chi connectivity index (χ2n) is 11.4. The predicted molar refractivity (Wildman–Crippen MR) is 144 cm³/mol. The Kier molecular flexibility index (Phi) is 8.98. The molecule has 0 bridgehead atoms. The molecular formula is C28H35F3N4O5S. The monoisotopic (exact) mass is 596 g/mol. The summed E-state index contributed by atoms with van der Waals surface area (Å²) < 4.78 is 73.7. The Labute approximate surface area is 238 Å². The van der Waals surface area contributed by atoms with E-state index >= 15 is 0 Å². The summed E-state index contributed by atoms with van der Waals surface area (Å²) in [5, 5.41) is 2.67. The van der Waals surface area contributed by atoms with Gasteiger partial charge in [0.25, 0.3) is 0 Å². The van der Waals surface area contributed by atoms with Crippen LogP contribution in [0.25, 0.3) is 0 Å². The summed E-state index contributed by atoms with van der Waals surface area (Å²) >= 11 is 0. The van der Waals surface area contributed by atoms with Crippen molar-refractivity contribution in [1.29, 1.82) is 0 Å². The lowest BCUT2D eigenvalue weighted by Gasteiger charge is -2.39. The number of alkyl halides is 3. The van der Waals surface area contributed by atoms with Gasteiger partial charge in [0, 0.05) is 44.0 Å². The molecule has 1 N–H and O–H groups in total. The van der Waals surface area contributed by atoms with Crippen LogP contribution in [0, 0.1) is 0 Å². The normalized spacial score (nSPS) is 17.8. The van der Waals surface area contributed by atoms with Crippen molar-refractivity contribution in [2.45, 2.75) is 87.7 Å². The number of pyridine rings is 1. The van der Waals surface area contributed by atoms with Gasteiger partial charge in [-0.05, 0) is 82.3 Å². The van der Waals surface area contributed by atoms with Crippen molar-refractivity contribution in [2.75, 3.05) is 13.1 Å². The lowest BCUT2D eigenvalue weighted by molar-refractivity contribution is -0.137. The third-order valence-electron chi connectivity index (χ3n) is 6.96. The van der Waals surface area contributed by atoms with E-state index in [0.717, 1.165) is 17.7 Å². The Morgan fingerprint density at radius 3 is 2.22 bits per heavy atom. The molecule has 0 spiro atoms. The Balaban J connectivity index is 1.48. The molecule has 1 aromatic heterocycles. The minimum Gasteiger partial charge on any atom is -0.444 e. The number of likely N-dealkylation sites (tertiary alicyclic amines) is 1. The van der Waals surface area contributed by atoms with Crippen LogP contribution in [0.4, 0.5) is 18.0 Å². The lowest BCUT2D eigenvalue weighted by atomic mass is 10.0. The van der Waals surface area contributed by atoms with Crippen molar-refractivity contribution >= 4 is 22.0 Å². The van der Waals surface area contributed by atoms with Gasteiger partial charge < -0.3 is 15.0 Å². The van der Waals surface area contributed by atoms with Crippen molar-refractivity contribution in [3.63, 3.8) is 0 Å². The summed E-state index contributed by atoms with van der Waals surface area (Å²) in [7, 11) is -4.20. The third-order valence-corrected chi connectivity index (χ3v) is 8.96. The third kappa shape index (κ3) is 7.97. The van der Waals surface area contributed by atoms with E-state index < -0.39 is 50.4 Å². The summed E-state index contributed by atoms with van der Waals surface area (Å²) in [5.74, 6) is -0.329. The molecule has 0 unspecified atom stereocenters. The molecule has 13 heteroatoms. The van der Waals surface area contributed by atoms with Gasteiger partial charge in [-0.2, -0.15) is 17.5 Å². The lowest BCUT2D eigenvalue weighted by Crippen LogP contribution is -2.55. The van der Waals surface area contributed by atoms with Crippen LogP contribution in [0.5, 0.6) is 0 Å². The standard InChI is InChI=1S/C28H35F3N4O5S/c1-27(2,3)40-26(37)33-24(17-19-9-13-32-14-10-19)25(36)34-15-11-22(12-16-34)35(21-7-8-21)41(38,39)23-6-4-5-20(18-23)28(29,30)31/h4-6,9-10,13-14,18,21-22,24H,7-8,11-12,15-17H2,1-3H3,(H,33,37)/t24-/m0/s1. The maximum absolute atomic E-state index is 13.6. The van der Waals surface area contributed by atoms with E-state index in [1.54, 1.807) is 50.2 Å². The second-order valence-corrected chi connectivity index (χ2v) is 13.2. The predicted octanol–water partition coefficient (Wildman–Crippen LogP) is 4.38. The molecule has 9 nitrogen and oxygen atoms in total. The van der Waals surface area contributed by atoms with E-state index in [2.05, 4.69) is 10.3 Å². The highest BCUT2D eigenvalue weighted by Crippen LogP contribution is 2.38. The number of piperidine rings is 1. The van der Waals surface area contributed by atoms with Crippen molar-refractivity contribution in [2.24, 2.45) is 0 Å². The van der Waals surface area contributed by atoms with Gasteiger partial charge in [0.05, 0.1) is 10.5 Å². The van der Waals surface area contributed by atoms with Crippen LogP contribution in [0.15, 0.2) is 53.7 Å². The number of alkyl carbamates (subject to hydrolysis) is 1. The fraction of sp³-hybridized carbons (Fsp3) is 0.536. The fourth-order valence-corrected chi connectivity index (χ4v) is 6.92. The van der Waals surface area contributed by atoms with Crippen LogP contribution in [0.3, 0.4) is 0 Å². The van der Waals surface area contributed by atoms with Crippen molar-refractivity contribution in [1.82, 2.24) is 19.5 Å². The highest BCUT2D eigenvalue weighted by Gasteiger charge is 2.45. The molecule has 2 heterocycles. The van der Waals surface area contributed by atoms with E-state index in [-0.39, 0.29) is 31.5 Å². The fourth-order valence-electron chi connectivity index (χ4n) is 4.94. The molecule has 1 aliphatic carbocycles. The maximum atomic E-state index is 13.6. The van der Waals surface area contributed by atoms with E-state index in [9.17, 15) is 31.2 Å². The molecule has 1 saturated heterocycles. The average molecular weight is 597 g/mol. The molecule has 224 valence electrons. The molecule has 1 aromatic carbocycles. The zero-order valence-electron chi connectivity index (χ0n) is 23.2. The number of ether oxygens (including phenoxy) is 1. The van der Waals surface area contributed by atoms with Gasteiger partial charge >= 0.3 is 12.3 Å². The smallest absolute Gasteiger partial charge is 0.416 e. The zero-order chi connectivity index (χ0) is 30.0. The highest BCUT2D eigenvalue weighted by molar-refractivity contribution is 7.89. The number of halogens is 3. The number of hydrogen-bond donors (Lipinski definition) is 1. The van der Waals surface area contributed by atoms with Crippen molar-refractivity contribution < 1.29 is 35.9 Å². The van der Waals surface area contributed by atoms with E-state index in [0.29, 0.717) is 31.7 Å². The first-order valence-electron chi connectivity index (χ1n) is 13.5. The molecular weight excluding hydrogens is 561 g/mol. The van der Waals surface area contributed by atoms with Gasteiger partial charge in [-0.25, -0.2) is 13.2 Å². The van der Waals surface area contributed by atoms with E-state index in [4.69, 9.17) is 4.74 Å². The Morgan fingerprint density at radius 1 is 1.05 bits per heavy atom. The highest BCUT2D eigenvalue weighted by atomic mass is 32.2. The number of carbonyl (C=O) groups excluding carboxylic acids is 2. The summed E-state index contributed by atoms with van der Waals surface area (Å²) in [4.78, 5) is 31.3. The first kappa shape index (κ1) is 30.8.